The molecule has 0 aromatic heterocycles. The highest BCUT2D eigenvalue weighted by Gasteiger charge is 2.24. The van der Waals surface area contributed by atoms with E-state index < -0.39 is 18.0 Å². The fraction of sp³-hybridized carbons (Fsp3) is 0.833. The van der Waals surface area contributed by atoms with E-state index in [1.165, 1.54) is 0 Å². The predicted molar refractivity (Wildman–Crippen MR) is 34.6 cm³/mol. The summed E-state index contributed by atoms with van der Waals surface area (Å²) in [5.74, 6) is -1.24. The van der Waals surface area contributed by atoms with Crippen molar-refractivity contribution in [1.82, 2.24) is 5.32 Å². The summed E-state index contributed by atoms with van der Waals surface area (Å²) >= 11 is 0. The van der Waals surface area contributed by atoms with Gasteiger partial charge in [0.05, 0.1) is 12.0 Å². The standard InChI is InChI=1S/C6H11NO3/c8-5-1-4(6(9)10)2-7-3-5/h4-5,7-8H,1-3H2,(H,9,10). The molecular weight excluding hydrogens is 134 g/mol. The Balaban J connectivity index is 2.39. The molecule has 0 aromatic rings. The number of aliphatic hydroxyl groups excluding tert-OH is 1. The zero-order chi connectivity index (χ0) is 7.56. The molecule has 0 aromatic carbocycles. The van der Waals surface area contributed by atoms with Crippen LogP contribution in [0.2, 0.25) is 0 Å². The Bertz CT molecular complexity index is 137. The van der Waals surface area contributed by atoms with Crippen molar-refractivity contribution < 1.29 is 15.0 Å². The van der Waals surface area contributed by atoms with Crippen molar-refractivity contribution in [3.63, 3.8) is 0 Å². The first-order chi connectivity index (χ1) is 4.70. The van der Waals surface area contributed by atoms with E-state index in [2.05, 4.69) is 5.32 Å². The number of piperidine rings is 1. The normalized spacial score (nSPS) is 33.7. The molecular formula is C6H11NO3. The van der Waals surface area contributed by atoms with E-state index in [9.17, 15) is 4.79 Å². The van der Waals surface area contributed by atoms with Crippen LogP contribution in [0.3, 0.4) is 0 Å². The molecule has 1 aliphatic rings. The molecule has 2 atom stereocenters. The Hall–Kier alpha value is -0.610. The minimum absolute atomic E-state index is 0.377. The van der Waals surface area contributed by atoms with Gasteiger partial charge in [0, 0.05) is 13.1 Å². The molecule has 0 amide bonds. The number of rotatable bonds is 1. The molecule has 10 heavy (non-hydrogen) atoms. The third-order valence-corrected chi connectivity index (χ3v) is 1.68. The Morgan fingerprint density at radius 1 is 1.50 bits per heavy atom. The zero-order valence-electron chi connectivity index (χ0n) is 5.58. The van der Waals surface area contributed by atoms with Gasteiger partial charge in [0.2, 0.25) is 0 Å². The molecule has 0 spiro atoms. The maximum atomic E-state index is 10.3. The van der Waals surface area contributed by atoms with Gasteiger partial charge in [-0.15, -0.1) is 0 Å². The fourth-order valence-electron chi connectivity index (χ4n) is 1.11. The number of carboxylic acids is 1. The van der Waals surface area contributed by atoms with E-state index in [-0.39, 0.29) is 0 Å². The molecule has 0 aliphatic carbocycles. The van der Waals surface area contributed by atoms with E-state index in [0.29, 0.717) is 19.5 Å². The summed E-state index contributed by atoms with van der Waals surface area (Å²) in [6.45, 7) is 0.996. The number of hydrogen-bond donors (Lipinski definition) is 3. The van der Waals surface area contributed by atoms with Crippen LogP contribution in [0.25, 0.3) is 0 Å². The monoisotopic (exact) mass is 145 g/mol. The molecule has 1 saturated heterocycles. The van der Waals surface area contributed by atoms with Gasteiger partial charge in [0.1, 0.15) is 0 Å². The van der Waals surface area contributed by atoms with Crippen molar-refractivity contribution in [1.29, 1.82) is 0 Å². The van der Waals surface area contributed by atoms with Gasteiger partial charge in [0.25, 0.3) is 0 Å². The number of aliphatic carboxylic acids is 1. The molecule has 1 heterocycles. The molecule has 0 bridgehead atoms. The Labute approximate surface area is 58.9 Å². The number of carbonyl (C=O) groups is 1. The van der Waals surface area contributed by atoms with Crippen LogP contribution in [0.15, 0.2) is 0 Å². The lowest BCUT2D eigenvalue weighted by Crippen LogP contribution is -2.42. The van der Waals surface area contributed by atoms with Crippen molar-refractivity contribution in [2.24, 2.45) is 5.92 Å². The Kier molecular flexibility index (Phi) is 2.24. The number of β-amino-alcohol motifs (C(OH)–C–C–N with tert-alkyl or cyclic N) is 1. The fourth-order valence-corrected chi connectivity index (χ4v) is 1.11. The van der Waals surface area contributed by atoms with E-state index in [1.807, 2.05) is 0 Å². The van der Waals surface area contributed by atoms with Crippen LogP contribution in [0.4, 0.5) is 0 Å². The number of hydrogen-bond acceptors (Lipinski definition) is 3. The summed E-state index contributed by atoms with van der Waals surface area (Å²) in [5.41, 5.74) is 0. The van der Waals surface area contributed by atoms with E-state index in [4.69, 9.17) is 10.2 Å². The van der Waals surface area contributed by atoms with Gasteiger partial charge in [-0.3, -0.25) is 4.79 Å². The summed E-state index contributed by atoms with van der Waals surface area (Å²) in [5, 5.41) is 20.3. The van der Waals surface area contributed by atoms with Crippen LogP contribution in [-0.2, 0) is 4.79 Å². The smallest absolute Gasteiger partial charge is 0.307 e. The van der Waals surface area contributed by atoms with Crippen LogP contribution >= 0.6 is 0 Å². The molecule has 4 heteroatoms. The number of nitrogens with one attached hydrogen (secondary N) is 1. The summed E-state index contributed by atoms with van der Waals surface area (Å²) in [6.07, 6.45) is -0.114. The lowest BCUT2D eigenvalue weighted by molar-refractivity contribution is -0.143. The quantitative estimate of drug-likeness (QED) is 0.444. The zero-order valence-corrected chi connectivity index (χ0v) is 5.58. The Morgan fingerprint density at radius 2 is 2.20 bits per heavy atom. The van der Waals surface area contributed by atoms with Gasteiger partial charge in [-0.1, -0.05) is 0 Å². The maximum absolute atomic E-state index is 10.3. The summed E-state index contributed by atoms with van der Waals surface area (Å²) in [7, 11) is 0. The van der Waals surface area contributed by atoms with Crippen LogP contribution < -0.4 is 5.32 Å². The van der Waals surface area contributed by atoms with Crippen LogP contribution in [0.5, 0.6) is 0 Å². The highest BCUT2D eigenvalue weighted by Crippen LogP contribution is 2.09. The molecule has 1 aliphatic heterocycles. The topological polar surface area (TPSA) is 69.6 Å². The molecule has 0 saturated carbocycles. The Morgan fingerprint density at radius 3 is 2.60 bits per heavy atom. The lowest BCUT2D eigenvalue weighted by Gasteiger charge is -2.23. The molecule has 1 fully saturated rings. The van der Waals surface area contributed by atoms with Gasteiger partial charge in [-0.05, 0) is 6.42 Å². The third-order valence-electron chi connectivity index (χ3n) is 1.68. The van der Waals surface area contributed by atoms with Gasteiger partial charge in [-0.2, -0.15) is 0 Å². The van der Waals surface area contributed by atoms with Gasteiger partial charge >= 0.3 is 5.97 Å². The number of aliphatic hydroxyl groups is 1. The second-order valence-electron chi connectivity index (χ2n) is 2.58. The molecule has 2 unspecified atom stereocenters. The number of carboxylic acid groups (broad SMARTS) is 1. The summed E-state index contributed by atoms with van der Waals surface area (Å²) in [4.78, 5) is 10.3. The van der Waals surface area contributed by atoms with Crippen molar-refractivity contribution in [2.45, 2.75) is 12.5 Å². The van der Waals surface area contributed by atoms with Crippen LogP contribution in [0.1, 0.15) is 6.42 Å². The minimum atomic E-state index is -0.828. The van der Waals surface area contributed by atoms with Gasteiger partial charge in [-0.25, -0.2) is 0 Å². The van der Waals surface area contributed by atoms with Crippen molar-refractivity contribution in [3.8, 4) is 0 Å². The average molecular weight is 145 g/mol. The first kappa shape index (κ1) is 7.50. The first-order valence-corrected chi connectivity index (χ1v) is 3.31. The lowest BCUT2D eigenvalue weighted by atomic mass is 9.98. The molecule has 3 N–H and O–H groups in total. The SMILES string of the molecule is O=C(O)C1CNCC(O)C1. The third kappa shape index (κ3) is 1.68. The second-order valence-corrected chi connectivity index (χ2v) is 2.58. The highest BCUT2D eigenvalue weighted by molar-refractivity contribution is 5.70. The van der Waals surface area contributed by atoms with Crippen LogP contribution in [-0.4, -0.2) is 35.4 Å². The van der Waals surface area contributed by atoms with E-state index >= 15 is 0 Å². The molecule has 4 nitrogen and oxygen atoms in total. The van der Waals surface area contributed by atoms with E-state index in [1.54, 1.807) is 0 Å². The second kappa shape index (κ2) is 2.98. The maximum Gasteiger partial charge on any atom is 0.307 e. The van der Waals surface area contributed by atoms with Gasteiger partial charge < -0.3 is 15.5 Å². The largest absolute Gasteiger partial charge is 0.481 e. The first-order valence-electron chi connectivity index (χ1n) is 3.31. The average Bonchev–Trinajstić information content (AvgIpc) is 1.88. The van der Waals surface area contributed by atoms with Crippen molar-refractivity contribution in [3.05, 3.63) is 0 Å². The predicted octanol–water partition coefficient (Wildman–Crippen LogP) is -0.959. The molecule has 1 rings (SSSR count). The molecule has 58 valence electrons. The highest BCUT2D eigenvalue weighted by atomic mass is 16.4. The molecule has 0 radical (unpaired) electrons. The van der Waals surface area contributed by atoms with Gasteiger partial charge in [0.15, 0.2) is 0 Å². The van der Waals surface area contributed by atoms with Crippen molar-refractivity contribution >= 4 is 5.97 Å². The van der Waals surface area contributed by atoms with Crippen molar-refractivity contribution in [2.75, 3.05) is 13.1 Å². The van der Waals surface area contributed by atoms with E-state index in [0.717, 1.165) is 0 Å². The summed E-state index contributed by atoms with van der Waals surface area (Å²) in [6, 6.07) is 0. The minimum Gasteiger partial charge on any atom is -0.481 e. The summed E-state index contributed by atoms with van der Waals surface area (Å²) < 4.78 is 0. The van der Waals surface area contributed by atoms with Crippen LogP contribution in [0, 0.1) is 5.92 Å².